The van der Waals surface area contributed by atoms with Crippen molar-refractivity contribution in [3.05, 3.63) is 140 Å². The maximum atomic E-state index is 6.19. The Morgan fingerprint density at radius 2 is 1.10 bits per heavy atom. The number of rotatable bonds is 4. The molecule has 0 saturated heterocycles. The van der Waals surface area contributed by atoms with Crippen LogP contribution in [0.4, 0.5) is 17.1 Å². The van der Waals surface area contributed by atoms with E-state index >= 15 is 0 Å². The third-order valence-electron chi connectivity index (χ3n) is 8.08. The Bertz CT molecular complexity index is 2430. The van der Waals surface area contributed by atoms with Crippen LogP contribution in [0.15, 0.2) is 144 Å². The molecule has 0 aliphatic rings. The van der Waals surface area contributed by atoms with Crippen LogP contribution in [0.25, 0.3) is 62.6 Å². The predicted octanol–water partition coefficient (Wildman–Crippen LogP) is 12.3. The van der Waals surface area contributed by atoms with Gasteiger partial charge in [0.2, 0.25) is 0 Å². The molecule has 0 amide bonds. The number of hydrogen-bond acceptors (Lipinski definition) is 4. The zero-order valence-electron chi connectivity index (χ0n) is 22.5. The van der Waals surface area contributed by atoms with E-state index in [-0.39, 0.29) is 0 Å². The average Bonchev–Trinajstić information content (AvgIpc) is 3.71. The number of fused-ring (bicyclic) bond motifs is 8. The lowest BCUT2D eigenvalue weighted by Crippen LogP contribution is -2.11. The van der Waals surface area contributed by atoms with Gasteiger partial charge < -0.3 is 9.32 Å². The summed E-state index contributed by atoms with van der Waals surface area (Å²) in [5.74, 6) is 0. The molecule has 0 radical (unpaired) electrons. The summed E-state index contributed by atoms with van der Waals surface area (Å²) in [4.78, 5) is 2.40. The Morgan fingerprint density at radius 3 is 2.00 bits per heavy atom. The fraction of sp³-hybridized carbons (Fsp3) is 0. The first-order valence-electron chi connectivity index (χ1n) is 14.0. The highest BCUT2D eigenvalue weighted by molar-refractivity contribution is 7.36. The lowest BCUT2D eigenvalue weighted by Gasteiger charge is -2.28. The van der Waals surface area contributed by atoms with E-state index in [4.69, 9.17) is 4.42 Å². The van der Waals surface area contributed by atoms with Crippen molar-refractivity contribution in [2.75, 3.05) is 4.90 Å². The van der Waals surface area contributed by atoms with Crippen LogP contribution >= 0.6 is 22.7 Å². The quantitative estimate of drug-likeness (QED) is 0.208. The van der Waals surface area contributed by atoms with Crippen LogP contribution in [-0.2, 0) is 0 Å². The normalized spacial score (nSPS) is 11.8. The zero-order chi connectivity index (χ0) is 27.6. The van der Waals surface area contributed by atoms with Gasteiger partial charge >= 0.3 is 0 Å². The number of furan rings is 1. The molecule has 0 bridgehead atoms. The Kier molecular flexibility index (Phi) is 5.27. The van der Waals surface area contributed by atoms with Crippen LogP contribution in [0.3, 0.4) is 0 Å². The molecule has 0 atom stereocenters. The number of para-hydroxylation sites is 2. The molecular formula is C38H23NOS2. The van der Waals surface area contributed by atoms with Crippen molar-refractivity contribution in [3.8, 4) is 11.1 Å². The van der Waals surface area contributed by atoms with E-state index in [2.05, 4.69) is 132 Å². The summed E-state index contributed by atoms with van der Waals surface area (Å²) in [7, 11) is 0. The topological polar surface area (TPSA) is 16.4 Å². The summed E-state index contributed by atoms with van der Waals surface area (Å²) < 4.78 is 11.6. The molecule has 0 fully saturated rings. The molecule has 3 aromatic heterocycles. The fourth-order valence-corrected chi connectivity index (χ4v) is 8.83. The molecule has 0 aliphatic carbocycles. The molecule has 198 valence electrons. The van der Waals surface area contributed by atoms with Gasteiger partial charge in [-0.2, -0.15) is 0 Å². The van der Waals surface area contributed by atoms with Crippen molar-refractivity contribution in [1.82, 2.24) is 0 Å². The highest BCUT2D eigenvalue weighted by Gasteiger charge is 2.20. The van der Waals surface area contributed by atoms with Crippen LogP contribution in [0, 0.1) is 0 Å². The highest BCUT2D eigenvalue weighted by Crippen LogP contribution is 2.47. The monoisotopic (exact) mass is 573 g/mol. The van der Waals surface area contributed by atoms with Gasteiger partial charge in [0, 0.05) is 47.9 Å². The standard InChI is InChI=1S/C38H23NOS2/c1-2-10-24(11-3-1)27-12-4-7-15-32(27)39(25-19-21-34-31(22-25)28-13-5-8-16-33(28)40-34)26-18-20-30-36(23-26)42-37-29-14-6-9-17-35(29)41-38(30)37/h1-23H. The van der Waals surface area contributed by atoms with Crippen molar-refractivity contribution in [1.29, 1.82) is 0 Å². The molecule has 0 spiro atoms. The van der Waals surface area contributed by atoms with Gasteiger partial charge in [0.1, 0.15) is 11.2 Å². The Labute approximate surface area is 250 Å². The molecule has 0 unspecified atom stereocenters. The fourth-order valence-electron chi connectivity index (χ4n) is 6.14. The minimum absolute atomic E-state index is 0.900. The van der Waals surface area contributed by atoms with Crippen LogP contribution in [0.5, 0.6) is 0 Å². The van der Waals surface area contributed by atoms with E-state index in [0.29, 0.717) is 0 Å². The molecule has 3 heterocycles. The Balaban J connectivity index is 1.30. The van der Waals surface area contributed by atoms with Crippen molar-refractivity contribution < 1.29 is 4.42 Å². The second kappa shape index (κ2) is 9.31. The highest BCUT2D eigenvalue weighted by atomic mass is 32.1. The summed E-state index contributed by atoms with van der Waals surface area (Å²) in [5.41, 5.74) is 7.56. The van der Waals surface area contributed by atoms with E-state index < -0.39 is 0 Å². The molecular weight excluding hydrogens is 551 g/mol. The van der Waals surface area contributed by atoms with Crippen LogP contribution < -0.4 is 4.90 Å². The molecule has 9 aromatic rings. The van der Waals surface area contributed by atoms with Gasteiger partial charge in [-0.15, -0.1) is 22.7 Å². The van der Waals surface area contributed by atoms with Crippen LogP contribution in [0.1, 0.15) is 0 Å². The summed E-state index contributed by atoms with van der Waals surface area (Å²) in [5, 5.41) is 4.93. The molecule has 0 saturated carbocycles. The summed E-state index contributed by atoms with van der Waals surface area (Å²) >= 11 is 3.79. The van der Waals surface area contributed by atoms with Crippen LogP contribution in [0.2, 0.25) is 0 Å². The predicted molar refractivity (Wildman–Crippen MR) is 182 cm³/mol. The molecule has 9 rings (SSSR count). The Morgan fingerprint density at radius 1 is 0.452 bits per heavy atom. The molecule has 2 nitrogen and oxygen atoms in total. The van der Waals surface area contributed by atoms with E-state index in [9.17, 15) is 0 Å². The summed E-state index contributed by atoms with van der Waals surface area (Å²) in [6.45, 7) is 0. The molecule has 6 aromatic carbocycles. The number of anilines is 3. The summed E-state index contributed by atoms with van der Waals surface area (Å²) in [6, 6.07) is 49.9. The lowest BCUT2D eigenvalue weighted by molar-refractivity contribution is 0.669. The number of benzene rings is 6. The van der Waals surface area contributed by atoms with Gasteiger partial charge in [-0.1, -0.05) is 91.0 Å². The van der Waals surface area contributed by atoms with Gasteiger partial charge in [-0.3, -0.25) is 0 Å². The summed E-state index contributed by atoms with van der Waals surface area (Å²) in [6.07, 6.45) is 0. The van der Waals surface area contributed by atoms with E-state index in [1.54, 1.807) is 0 Å². The lowest BCUT2D eigenvalue weighted by atomic mass is 10.0. The first kappa shape index (κ1) is 23.8. The second-order valence-corrected chi connectivity index (χ2v) is 12.6. The van der Waals surface area contributed by atoms with Gasteiger partial charge in [0.15, 0.2) is 0 Å². The minimum atomic E-state index is 0.900. The van der Waals surface area contributed by atoms with Crippen molar-refractivity contribution in [2.24, 2.45) is 0 Å². The van der Waals surface area contributed by atoms with Crippen molar-refractivity contribution >= 4 is 91.2 Å². The Hall–Kier alpha value is -4.90. The first-order chi connectivity index (χ1) is 20.8. The maximum Gasteiger partial charge on any atom is 0.135 e. The van der Waals surface area contributed by atoms with E-state index in [1.165, 1.54) is 40.7 Å². The third kappa shape index (κ3) is 3.63. The zero-order valence-corrected chi connectivity index (χ0v) is 24.1. The third-order valence-corrected chi connectivity index (χ3v) is 10.6. The first-order valence-corrected chi connectivity index (χ1v) is 15.6. The molecule has 4 heteroatoms. The second-order valence-electron chi connectivity index (χ2n) is 10.5. The van der Waals surface area contributed by atoms with Crippen molar-refractivity contribution in [2.45, 2.75) is 0 Å². The molecule has 42 heavy (non-hydrogen) atoms. The maximum absolute atomic E-state index is 6.19. The molecule has 0 N–H and O–H groups in total. The van der Waals surface area contributed by atoms with Gasteiger partial charge in [0.05, 0.1) is 15.1 Å². The van der Waals surface area contributed by atoms with Gasteiger partial charge in [-0.05, 0) is 54.1 Å². The minimum Gasteiger partial charge on any atom is -0.456 e. The molecule has 0 aliphatic heterocycles. The van der Waals surface area contributed by atoms with E-state index in [0.717, 1.165) is 39.0 Å². The largest absolute Gasteiger partial charge is 0.456 e. The van der Waals surface area contributed by atoms with E-state index in [1.807, 2.05) is 34.8 Å². The van der Waals surface area contributed by atoms with Gasteiger partial charge in [0.25, 0.3) is 0 Å². The number of thiophene rings is 2. The smallest absolute Gasteiger partial charge is 0.135 e. The van der Waals surface area contributed by atoms with Crippen LogP contribution in [-0.4, -0.2) is 0 Å². The average molecular weight is 574 g/mol. The number of nitrogens with zero attached hydrogens (tertiary/aromatic N) is 1. The van der Waals surface area contributed by atoms with Crippen molar-refractivity contribution in [3.63, 3.8) is 0 Å². The SMILES string of the molecule is c1ccc(-c2ccccc2N(c2ccc3c(c2)sc2c4ccccc4sc32)c2ccc3oc4ccccc4c3c2)cc1. The number of hydrogen-bond donors (Lipinski definition) is 0. The van der Waals surface area contributed by atoms with Gasteiger partial charge in [-0.25, -0.2) is 0 Å².